The van der Waals surface area contributed by atoms with E-state index in [9.17, 15) is 9.59 Å². The molecule has 1 aromatic carbocycles. The number of likely N-dealkylation sites (N-methyl/N-ethyl adjacent to an activating group) is 1. The minimum Gasteiger partial charge on any atom is -0.493 e. The fourth-order valence-corrected chi connectivity index (χ4v) is 2.55. The summed E-state index contributed by atoms with van der Waals surface area (Å²) < 4.78 is 10.6. The summed E-state index contributed by atoms with van der Waals surface area (Å²) in [6.45, 7) is 0.186. The van der Waals surface area contributed by atoms with E-state index in [1.54, 1.807) is 33.0 Å². The van der Waals surface area contributed by atoms with Crippen LogP contribution in [0.5, 0.6) is 11.5 Å². The van der Waals surface area contributed by atoms with E-state index in [-0.39, 0.29) is 24.9 Å². The number of nitrogens with zero attached hydrogens (tertiary/aromatic N) is 1. The van der Waals surface area contributed by atoms with Crippen molar-refractivity contribution in [1.29, 1.82) is 0 Å². The largest absolute Gasteiger partial charge is 0.493 e. The molecule has 0 aliphatic rings. The molecule has 0 spiro atoms. The lowest BCUT2D eigenvalue weighted by Crippen LogP contribution is -2.40. The van der Waals surface area contributed by atoms with Crippen molar-refractivity contribution in [3.05, 3.63) is 17.7 Å². The summed E-state index contributed by atoms with van der Waals surface area (Å²) in [5.41, 5.74) is 6.13. The van der Waals surface area contributed by atoms with Gasteiger partial charge in [-0.25, -0.2) is 0 Å². The first kappa shape index (κ1) is 19.1. The molecule has 3 N–H and O–H groups in total. The van der Waals surface area contributed by atoms with Crippen LogP contribution in [-0.4, -0.2) is 57.3 Å². The molecule has 0 atom stereocenters. The molecule has 2 amide bonds. The summed E-state index contributed by atoms with van der Waals surface area (Å²) in [7, 11) is 4.83. The number of nitrogens with one attached hydrogen (secondary N) is 1. The van der Waals surface area contributed by atoms with Crippen LogP contribution in [0.3, 0.4) is 0 Å². The average molecular weight is 341 g/mol. The van der Waals surface area contributed by atoms with Crippen molar-refractivity contribution in [1.82, 2.24) is 10.2 Å². The van der Waals surface area contributed by atoms with E-state index in [0.29, 0.717) is 18.0 Å². The molecule has 0 aliphatic heterocycles. The monoisotopic (exact) mass is 341 g/mol. The maximum absolute atomic E-state index is 12.1. The Hall–Kier alpha value is -1.93. The smallest absolute Gasteiger partial charge is 0.242 e. The minimum absolute atomic E-state index is 0.0750. The number of benzene rings is 1. The van der Waals surface area contributed by atoms with E-state index in [1.165, 1.54) is 4.90 Å². The highest BCUT2D eigenvalue weighted by atomic mass is 32.2. The van der Waals surface area contributed by atoms with Gasteiger partial charge in [-0.2, -0.15) is 0 Å². The van der Waals surface area contributed by atoms with Crippen LogP contribution in [0, 0.1) is 0 Å². The minimum atomic E-state index is -0.359. The molecule has 7 nitrogen and oxygen atoms in total. The molecule has 0 aromatic heterocycles. The third-order valence-corrected chi connectivity index (χ3v) is 4.06. The zero-order chi connectivity index (χ0) is 17.4. The van der Waals surface area contributed by atoms with Crippen LogP contribution in [0.1, 0.15) is 5.56 Å². The summed E-state index contributed by atoms with van der Waals surface area (Å²) in [5, 5.41) is 2.46. The maximum Gasteiger partial charge on any atom is 0.242 e. The van der Waals surface area contributed by atoms with Gasteiger partial charge in [0, 0.05) is 18.5 Å². The number of carbonyl (C=O) groups is 2. The Bertz CT molecular complexity index is 566. The second kappa shape index (κ2) is 9.26. The van der Waals surface area contributed by atoms with E-state index in [0.717, 1.165) is 10.5 Å². The predicted molar refractivity (Wildman–Crippen MR) is 89.9 cm³/mol. The number of thioether (sulfide) groups is 1. The SMILES string of the molecule is COc1cc(CN(C)C(=O)CNC(=O)CN)c(SC)cc1OC. The predicted octanol–water partition coefficient (Wildman–Crippen LogP) is 0.459. The van der Waals surface area contributed by atoms with Crippen molar-refractivity contribution in [3.63, 3.8) is 0 Å². The molecular weight excluding hydrogens is 318 g/mol. The average Bonchev–Trinajstić information content (AvgIpc) is 2.58. The molecule has 23 heavy (non-hydrogen) atoms. The van der Waals surface area contributed by atoms with E-state index in [2.05, 4.69) is 5.32 Å². The summed E-state index contributed by atoms with van der Waals surface area (Å²) in [6, 6.07) is 3.74. The molecule has 8 heteroatoms. The highest BCUT2D eigenvalue weighted by molar-refractivity contribution is 7.98. The first-order valence-electron chi connectivity index (χ1n) is 6.96. The van der Waals surface area contributed by atoms with Crippen molar-refractivity contribution in [3.8, 4) is 11.5 Å². The summed E-state index contributed by atoms with van der Waals surface area (Å²) in [6.07, 6.45) is 1.95. The maximum atomic E-state index is 12.1. The van der Waals surface area contributed by atoms with Crippen LogP contribution in [0.2, 0.25) is 0 Å². The fraction of sp³-hybridized carbons (Fsp3) is 0.467. The number of amides is 2. The lowest BCUT2D eigenvalue weighted by Gasteiger charge is -2.20. The van der Waals surface area contributed by atoms with Crippen molar-refractivity contribution in [2.75, 3.05) is 40.6 Å². The Morgan fingerprint density at radius 1 is 1.26 bits per heavy atom. The lowest BCUT2D eigenvalue weighted by molar-refractivity contribution is -0.131. The normalized spacial score (nSPS) is 10.1. The van der Waals surface area contributed by atoms with Gasteiger partial charge < -0.3 is 25.4 Å². The number of carbonyl (C=O) groups excluding carboxylic acids is 2. The summed E-state index contributed by atoms with van der Waals surface area (Å²) in [4.78, 5) is 25.7. The van der Waals surface area contributed by atoms with Crippen LogP contribution in [0.15, 0.2) is 17.0 Å². The molecule has 0 bridgehead atoms. The van der Waals surface area contributed by atoms with Gasteiger partial charge in [0.25, 0.3) is 0 Å². The van der Waals surface area contributed by atoms with E-state index < -0.39 is 0 Å². The van der Waals surface area contributed by atoms with Crippen molar-refractivity contribution in [2.45, 2.75) is 11.4 Å². The van der Waals surface area contributed by atoms with Gasteiger partial charge >= 0.3 is 0 Å². The number of nitrogens with two attached hydrogens (primary N) is 1. The van der Waals surface area contributed by atoms with Crippen LogP contribution in [-0.2, 0) is 16.1 Å². The van der Waals surface area contributed by atoms with Crippen LogP contribution in [0.25, 0.3) is 0 Å². The van der Waals surface area contributed by atoms with Crippen molar-refractivity contribution >= 4 is 23.6 Å². The van der Waals surface area contributed by atoms with Crippen LogP contribution < -0.4 is 20.5 Å². The van der Waals surface area contributed by atoms with Gasteiger partial charge in [0.15, 0.2) is 11.5 Å². The molecule has 0 saturated heterocycles. The van der Waals surface area contributed by atoms with Crippen molar-refractivity contribution < 1.29 is 19.1 Å². The Kier molecular flexibility index (Phi) is 7.70. The molecule has 0 radical (unpaired) electrons. The molecule has 0 fully saturated rings. The number of rotatable bonds is 8. The third-order valence-electron chi connectivity index (χ3n) is 3.24. The van der Waals surface area contributed by atoms with Crippen molar-refractivity contribution in [2.24, 2.45) is 5.73 Å². The fourth-order valence-electron chi connectivity index (χ4n) is 1.94. The van der Waals surface area contributed by atoms with Gasteiger partial charge in [-0.05, 0) is 24.0 Å². The lowest BCUT2D eigenvalue weighted by atomic mass is 10.2. The topological polar surface area (TPSA) is 93.9 Å². The number of methoxy groups -OCH3 is 2. The van der Waals surface area contributed by atoms with Gasteiger partial charge in [0.05, 0.1) is 27.3 Å². The highest BCUT2D eigenvalue weighted by Crippen LogP contribution is 2.35. The van der Waals surface area contributed by atoms with Gasteiger partial charge in [-0.1, -0.05) is 0 Å². The molecular formula is C15H23N3O4S. The number of hydrogen-bond acceptors (Lipinski definition) is 6. The zero-order valence-corrected chi connectivity index (χ0v) is 14.7. The van der Waals surface area contributed by atoms with E-state index in [4.69, 9.17) is 15.2 Å². The van der Waals surface area contributed by atoms with E-state index in [1.807, 2.05) is 18.4 Å². The zero-order valence-electron chi connectivity index (χ0n) is 13.8. The molecule has 1 aromatic rings. The third kappa shape index (κ3) is 5.33. The molecule has 1 rings (SSSR count). The summed E-state index contributed by atoms with van der Waals surface area (Å²) >= 11 is 1.56. The number of hydrogen-bond donors (Lipinski definition) is 2. The second-order valence-electron chi connectivity index (χ2n) is 4.75. The second-order valence-corrected chi connectivity index (χ2v) is 5.60. The standard InChI is InChI=1S/C15H23N3O4S/c1-18(15(20)8-17-14(19)7-16)9-10-5-11(21-2)12(22-3)6-13(10)23-4/h5-6H,7-9,16H2,1-4H3,(H,17,19). The Labute approximate surface area is 140 Å². The van der Waals surface area contributed by atoms with Gasteiger partial charge in [0.1, 0.15) is 0 Å². The Balaban J connectivity index is 2.86. The van der Waals surface area contributed by atoms with Gasteiger partial charge in [-0.3, -0.25) is 9.59 Å². The Morgan fingerprint density at radius 3 is 2.39 bits per heavy atom. The molecule has 128 valence electrons. The Morgan fingerprint density at radius 2 is 1.87 bits per heavy atom. The van der Waals surface area contributed by atoms with Gasteiger partial charge in [0.2, 0.25) is 11.8 Å². The molecule has 0 saturated carbocycles. The van der Waals surface area contributed by atoms with Gasteiger partial charge in [-0.15, -0.1) is 11.8 Å². The first-order valence-corrected chi connectivity index (χ1v) is 8.18. The number of ether oxygens (including phenoxy) is 2. The van der Waals surface area contributed by atoms with Crippen LogP contribution in [0.4, 0.5) is 0 Å². The molecule has 0 unspecified atom stereocenters. The summed E-state index contributed by atoms with van der Waals surface area (Å²) in [5.74, 6) is 0.693. The highest BCUT2D eigenvalue weighted by Gasteiger charge is 2.15. The van der Waals surface area contributed by atoms with Crippen LogP contribution >= 0.6 is 11.8 Å². The molecule has 0 heterocycles. The molecule has 0 aliphatic carbocycles. The first-order chi connectivity index (χ1) is 11.0. The van der Waals surface area contributed by atoms with E-state index >= 15 is 0 Å². The quantitative estimate of drug-likeness (QED) is 0.667.